The van der Waals surface area contributed by atoms with Crippen LogP contribution < -0.4 is 14.8 Å². The minimum absolute atomic E-state index is 0.0931. The molecule has 0 aliphatic rings. The van der Waals surface area contributed by atoms with Crippen molar-refractivity contribution in [2.45, 2.75) is 32.6 Å². The van der Waals surface area contributed by atoms with E-state index < -0.39 is 15.9 Å². The molecule has 8 heteroatoms. The van der Waals surface area contributed by atoms with Crippen LogP contribution in [0.4, 0.5) is 5.69 Å². The Morgan fingerprint density at radius 1 is 0.931 bits per heavy atom. The number of anilines is 1. The number of benzene rings is 2. The largest absolute Gasteiger partial charge is 0.490 e. The summed E-state index contributed by atoms with van der Waals surface area (Å²) in [6, 6.07) is 11.1. The molecule has 0 spiro atoms. The van der Waals surface area contributed by atoms with E-state index in [1.54, 1.807) is 44.2 Å². The van der Waals surface area contributed by atoms with Gasteiger partial charge in [-0.05, 0) is 44.2 Å². The maximum absolute atomic E-state index is 12.7. The van der Waals surface area contributed by atoms with Gasteiger partial charge in [0.1, 0.15) is 0 Å². The predicted octanol–water partition coefficient (Wildman–Crippen LogP) is 3.77. The molecule has 0 atom stereocenters. The van der Waals surface area contributed by atoms with E-state index in [1.807, 2.05) is 13.8 Å². The van der Waals surface area contributed by atoms with Crippen molar-refractivity contribution in [1.82, 2.24) is 4.31 Å². The Kier molecular flexibility index (Phi) is 8.04. The van der Waals surface area contributed by atoms with Crippen molar-refractivity contribution in [3.63, 3.8) is 0 Å². The average molecular weight is 421 g/mol. The van der Waals surface area contributed by atoms with Gasteiger partial charge in [-0.25, -0.2) is 8.42 Å². The third-order valence-electron chi connectivity index (χ3n) is 4.24. The van der Waals surface area contributed by atoms with Crippen molar-refractivity contribution >= 4 is 21.6 Å². The number of hydrogen-bond donors (Lipinski definition) is 1. The lowest BCUT2D eigenvalue weighted by atomic mass is 10.2. The number of ether oxygens (including phenoxy) is 2. The zero-order chi connectivity index (χ0) is 21.4. The Bertz CT molecular complexity index is 940. The summed E-state index contributed by atoms with van der Waals surface area (Å²) in [5.74, 6) is 0.720. The lowest BCUT2D eigenvalue weighted by Crippen LogP contribution is -2.30. The van der Waals surface area contributed by atoms with E-state index in [-0.39, 0.29) is 10.5 Å². The molecule has 1 amide bonds. The maximum atomic E-state index is 12.7. The highest BCUT2D eigenvalue weighted by Gasteiger charge is 2.22. The summed E-state index contributed by atoms with van der Waals surface area (Å²) >= 11 is 0. The molecule has 7 nitrogen and oxygen atoms in total. The van der Waals surface area contributed by atoms with Crippen molar-refractivity contribution in [1.29, 1.82) is 0 Å². The molecular formula is C21H28N2O5S. The molecule has 2 rings (SSSR count). The van der Waals surface area contributed by atoms with Crippen LogP contribution in [0.15, 0.2) is 47.4 Å². The standard InChI is InChI=1S/C21H28N2O5S/c1-5-23(6-2)29(25,26)18-11-9-10-16(14-18)21(24)22-17-12-13-19(27-7-3)20(15-17)28-8-4/h9-15H,5-8H2,1-4H3,(H,22,24). The highest BCUT2D eigenvalue weighted by atomic mass is 32.2. The fraction of sp³-hybridized carbons (Fsp3) is 0.381. The van der Waals surface area contributed by atoms with E-state index in [4.69, 9.17) is 9.47 Å². The first-order chi connectivity index (χ1) is 13.9. The molecule has 0 unspecified atom stereocenters. The minimum atomic E-state index is -3.64. The first kappa shape index (κ1) is 22.7. The second kappa shape index (κ2) is 10.3. The molecule has 0 saturated carbocycles. The average Bonchev–Trinajstić information content (AvgIpc) is 2.71. The normalized spacial score (nSPS) is 11.3. The molecule has 0 fully saturated rings. The Labute approximate surface area is 172 Å². The summed E-state index contributed by atoms with van der Waals surface area (Å²) in [7, 11) is -3.64. The van der Waals surface area contributed by atoms with Crippen LogP contribution in [0.25, 0.3) is 0 Å². The molecule has 29 heavy (non-hydrogen) atoms. The van der Waals surface area contributed by atoms with E-state index in [9.17, 15) is 13.2 Å². The molecule has 158 valence electrons. The topological polar surface area (TPSA) is 84.9 Å². The van der Waals surface area contributed by atoms with Gasteiger partial charge in [0.15, 0.2) is 11.5 Å². The van der Waals surface area contributed by atoms with Crippen LogP contribution in [0, 0.1) is 0 Å². The van der Waals surface area contributed by atoms with Gasteiger partial charge in [-0.15, -0.1) is 0 Å². The first-order valence-corrected chi connectivity index (χ1v) is 11.1. The smallest absolute Gasteiger partial charge is 0.255 e. The molecule has 0 saturated heterocycles. The van der Waals surface area contributed by atoms with E-state index in [0.29, 0.717) is 43.5 Å². The van der Waals surface area contributed by atoms with Crippen LogP contribution in [-0.4, -0.2) is 44.9 Å². The van der Waals surface area contributed by atoms with Gasteiger partial charge in [0.2, 0.25) is 10.0 Å². The number of carbonyl (C=O) groups is 1. The summed E-state index contributed by atoms with van der Waals surface area (Å²) < 4.78 is 37.9. The molecule has 2 aromatic rings. The van der Waals surface area contributed by atoms with Crippen LogP contribution in [0.2, 0.25) is 0 Å². The van der Waals surface area contributed by atoms with Gasteiger partial charge in [0.05, 0.1) is 18.1 Å². The number of rotatable bonds is 10. The molecule has 0 aliphatic carbocycles. The minimum Gasteiger partial charge on any atom is -0.490 e. The molecule has 2 aromatic carbocycles. The fourth-order valence-electron chi connectivity index (χ4n) is 2.84. The lowest BCUT2D eigenvalue weighted by Gasteiger charge is -2.18. The SMILES string of the molecule is CCOc1ccc(NC(=O)c2cccc(S(=O)(=O)N(CC)CC)c2)cc1OCC. The van der Waals surface area contributed by atoms with E-state index >= 15 is 0 Å². The highest BCUT2D eigenvalue weighted by molar-refractivity contribution is 7.89. The zero-order valence-corrected chi connectivity index (χ0v) is 18.1. The van der Waals surface area contributed by atoms with E-state index in [0.717, 1.165) is 0 Å². The number of amides is 1. The van der Waals surface area contributed by atoms with Crippen LogP contribution in [-0.2, 0) is 10.0 Å². The molecule has 0 bridgehead atoms. The molecule has 0 aliphatic heterocycles. The van der Waals surface area contributed by atoms with Crippen LogP contribution in [0.3, 0.4) is 0 Å². The second-order valence-corrected chi connectivity index (χ2v) is 8.04. The summed E-state index contributed by atoms with van der Waals surface area (Å²) in [4.78, 5) is 12.8. The van der Waals surface area contributed by atoms with Gasteiger partial charge in [-0.3, -0.25) is 4.79 Å². The predicted molar refractivity (Wildman–Crippen MR) is 113 cm³/mol. The number of nitrogens with one attached hydrogen (secondary N) is 1. The van der Waals surface area contributed by atoms with Gasteiger partial charge in [-0.1, -0.05) is 19.9 Å². The lowest BCUT2D eigenvalue weighted by molar-refractivity contribution is 0.102. The van der Waals surface area contributed by atoms with Crippen molar-refractivity contribution in [3.05, 3.63) is 48.0 Å². The third-order valence-corrected chi connectivity index (χ3v) is 6.29. The Morgan fingerprint density at radius 2 is 1.59 bits per heavy atom. The summed E-state index contributed by atoms with van der Waals surface area (Å²) in [5.41, 5.74) is 0.781. The second-order valence-electron chi connectivity index (χ2n) is 6.10. The van der Waals surface area contributed by atoms with Gasteiger partial charge in [0.25, 0.3) is 5.91 Å². The van der Waals surface area contributed by atoms with Gasteiger partial charge >= 0.3 is 0 Å². The molecular weight excluding hydrogens is 392 g/mol. The fourth-order valence-corrected chi connectivity index (χ4v) is 4.35. The van der Waals surface area contributed by atoms with E-state index in [2.05, 4.69) is 5.32 Å². The highest BCUT2D eigenvalue weighted by Crippen LogP contribution is 2.31. The number of nitrogens with zero attached hydrogens (tertiary/aromatic N) is 1. The molecule has 0 heterocycles. The summed E-state index contributed by atoms with van der Waals surface area (Å²) in [6.07, 6.45) is 0. The van der Waals surface area contributed by atoms with Crippen LogP contribution in [0.5, 0.6) is 11.5 Å². The zero-order valence-electron chi connectivity index (χ0n) is 17.3. The van der Waals surface area contributed by atoms with Crippen LogP contribution in [0.1, 0.15) is 38.1 Å². The molecule has 0 radical (unpaired) electrons. The van der Waals surface area contributed by atoms with Crippen molar-refractivity contribution in [2.24, 2.45) is 0 Å². The molecule has 1 N–H and O–H groups in total. The van der Waals surface area contributed by atoms with Gasteiger partial charge in [0, 0.05) is 30.4 Å². The van der Waals surface area contributed by atoms with Gasteiger partial charge in [-0.2, -0.15) is 4.31 Å². The van der Waals surface area contributed by atoms with Crippen molar-refractivity contribution in [3.8, 4) is 11.5 Å². The van der Waals surface area contributed by atoms with Crippen molar-refractivity contribution < 1.29 is 22.7 Å². The number of hydrogen-bond acceptors (Lipinski definition) is 5. The summed E-state index contributed by atoms with van der Waals surface area (Å²) in [6.45, 7) is 8.98. The Morgan fingerprint density at radius 3 is 2.21 bits per heavy atom. The van der Waals surface area contributed by atoms with Crippen molar-refractivity contribution in [2.75, 3.05) is 31.6 Å². The summed E-state index contributed by atoms with van der Waals surface area (Å²) in [5, 5.41) is 2.78. The Hall–Kier alpha value is -2.58. The first-order valence-electron chi connectivity index (χ1n) is 9.68. The third kappa shape index (κ3) is 5.48. The number of carbonyl (C=O) groups excluding carboxylic acids is 1. The van der Waals surface area contributed by atoms with Crippen LogP contribution >= 0.6 is 0 Å². The maximum Gasteiger partial charge on any atom is 0.255 e. The van der Waals surface area contributed by atoms with E-state index in [1.165, 1.54) is 16.4 Å². The Balaban J connectivity index is 2.27. The number of sulfonamides is 1. The monoisotopic (exact) mass is 420 g/mol. The quantitative estimate of drug-likeness (QED) is 0.632. The van der Waals surface area contributed by atoms with Gasteiger partial charge < -0.3 is 14.8 Å². The molecule has 0 aromatic heterocycles.